The van der Waals surface area contributed by atoms with Gasteiger partial charge in [-0.2, -0.15) is 5.10 Å². The van der Waals surface area contributed by atoms with Crippen LogP contribution in [0.15, 0.2) is 77.6 Å². The number of hydrogen-bond donors (Lipinski definition) is 1. The molecule has 4 aromatic rings. The third-order valence-corrected chi connectivity index (χ3v) is 5.05. The molecular weight excluding hydrogens is 410 g/mol. The highest BCUT2D eigenvalue weighted by Gasteiger charge is 2.15. The van der Waals surface area contributed by atoms with Crippen molar-refractivity contribution in [2.24, 2.45) is 0 Å². The molecule has 0 spiro atoms. The van der Waals surface area contributed by atoms with Crippen LogP contribution < -0.4 is 10.3 Å². The molecule has 1 heterocycles. The van der Waals surface area contributed by atoms with Gasteiger partial charge in [-0.1, -0.05) is 54.1 Å². The minimum atomic E-state index is -1.05. The molecule has 8 nitrogen and oxygen atoms in total. The molecule has 0 saturated heterocycles. The summed E-state index contributed by atoms with van der Waals surface area (Å²) in [6, 6.07) is 20.8. The highest BCUT2D eigenvalue weighted by atomic mass is 16.6. The topological polar surface area (TPSA) is 107 Å². The molecule has 0 aliphatic rings. The summed E-state index contributed by atoms with van der Waals surface area (Å²) < 4.78 is 6.72. The number of nitrogens with zero attached hydrogens (tertiary/aromatic N) is 3. The maximum Gasteiger partial charge on any atom is 0.274 e. The van der Waals surface area contributed by atoms with E-state index in [4.69, 9.17) is 4.74 Å². The molecule has 0 amide bonds. The van der Waals surface area contributed by atoms with E-state index in [0.29, 0.717) is 11.1 Å². The van der Waals surface area contributed by atoms with Crippen molar-refractivity contribution in [3.8, 4) is 17.0 Å². The molecule has 1 aromatic heterocycles. The van der Waals surface area contributed by atoms with Gasteiger partial charge in [0.2, 0.25) is 0 Å². The van der Waals surface area contributed by atoms with Crippen LogP contribution in [0.5, 0.6) is 5.75 Å². The number of ether oxygens (including phenoxy) is 1. The maximum absolute atomic E-state index is 13.0. The summed E-state index contributed by atoms with van der Waals surface area (Å²) in [5.41, 5.74) is 2.20. The fourth-order valence-electron chi connectivity index (χ4n) is 3.42. The Balaban J connectivity index is 1.60. The molecule has 0 aliphatic heterocycles. The molecule has 1 atom stereocenters. The first-order valence-electron chi connectivity index (χ1n) is 10.0. The van der Waals surface area contributed by atoms with E-state index < -0.39 is 11.0 Å². The first kappa shape index (κ1) is 21.2. The Labute approximate surface area is 183 Å². The van der Waals surface area contributed by atoms with Crippen molar-refractivity contribution in [3.05, 3.63) is 98.8 Å². The molecule has 0 bridgehead atoms. The molecule has 8 heteroatoms. The fraction of sp³-hybridized carbons (Fsp3) is 0.167. The molecule has 1 N–H and O–H groups in total. The average Bonchev–Trinajstić information content (AvgIpc) is 2.80. The van der Waals surface area contributed by atoms with Crippen molar-refractivity contribution in [2.45, 2.75) is 19.6 Å². The van der Waals surface area contributed by atoms with Crippen LogP contribution in [0, 0.1) is 17.0 Å². The number of aromatic nitrogens is 2. The zero-order valence-electron chi connectivity index (χ0n) is 17.3. The predicted molar refractivity (Wildman–Crippen MR) is 121 cm³/mol. The van der Waals surface area contributed by atoms with Gasteiger partial charge in [-0.3, -0.25) is 14.9 Å². The van der Waals surface area contributed by atoms with Crippen LogP contribution in [0.4, 0.5) is 5.69 Å². The molecule has 162 valence electrons. The van der Waals surface area contributed by atoms with Crippen molar-refractivity contribution in [3.63, 3.8) is 0 Å². The van der Waals surface area contributed by atoms with Crippen LogP contribution in [0.25, 0.3) is 22.0 Å². The first-order chi connectivity index (χ1) is 15.4. The summed E-state index contributed by atoms with van der Waals surface area (Å²) in [6.07, 6.45) is -1.05. The van der Waals surface area contributed by atoms with Crippen molar-refractivity contribution in [1.82, 2.24) is 9.78 Å². The van der Waals surface area contributed by atoms with Gasteiger partial charge in [-0.15, -0.1) is 0 Å². The van der Waals surface area contributed by atoms with Crippen molar-refractivity contribution in [1.29, 1.82) is 0 Å². The number of fused-ring (bicyclic) bond motifs is 1. The Morgan fingerprint density at radius 1 is 1.06 bits per heavy atom. The summed E-state index contributed by atoms with van der Waals surface area (Å²) in [5, 5.41) is 27.1. The molecule has 0 radical (unpaired) electrons. The molecule has 32 heavy (non-hydrogen) atoms. The van der Waals surface area contributed by atoms with Gasteiger partial charge in [-0.25, -0.2) is 4.68 Å². The second kappa shape index (κ2) is 8.99. The fourth-order valence-corrected chi connectivity index (χ4v) is 3.42. The second-order valence-corrected chi connectivity index (χ2v) is 7.47. The van der Waals surface area contributed by atoms with E-state index in [1.165, 1.54) is 22.9 Å². The highest BCUT2D eigenvalue weighted by Crippen LogP contribution is 2.25. The summed E-state index contributed by atoms with van der Waals surface area (Å²) in [5.74, 6) is 0.261. The summed E-state index contributed by atoms with van der Waals surface area (Å²) >= 11 is 0. The highest BCUT2D eigenvalue weighted by molar-refractivity contribution is 5.93. The lowest BCUT2D eigenvalue weighted by Gasteiger charge is -2.15. The molecular formula is C24H21N3O5. The molecule has 0 fully saturated rings. The molecule has 0 aliphatic carbocycles. The quantitative estimate of drug-likeness (QED) is 0.353. The third kappa shape index (κ3) is 4.50. The van der Waals surface area contributed by atoms with E-state index in [-0.39, 0.29) is 30.1 Å². The average molecular weight is 431 g/mol. The van der Waals surface area contributed by atoms with Gasteiger partial charge >= 0.3 is 0 Å². The molecule has 3 aromatic carbocycles. The van der Waals surface area contributed by atoms with E-state index in [9.17, 15) is 20.0 Å². The summed E-state index contributed by atoms with van der Waals surface area (Å²) in [6.45, 7) is 1.76. The minimum absolute atomic E-state index is 0.0859. The van der Waals surface area contributed by atoms with Gasteiger partial charge in [0, 0.05) is 17.0 Å². The number of nitro groups is 1. The van der Waals surface area contributed by atoms with Gasteiger partial charge in [-0.05, 0) is 19.1 Å². The number of aliphatic hydroxyl groups is 1. The Kier molecular flexibility index (Phi) is 5.96. The zero-order chi connectivity index (χ0) is 22.7. The number of aryl methyl sites for hydroxylation is 1. The molecule has 0 unspecified atom stereocenters. The number of nitro benzene ring substituents is 1. The van der Waals surface area contributed by atoms with E-state index in [2.05, 4.69) is 5.10 Å². The number of aliphatic hydroxyl groups excluding tert-OH is 1. The van der Waals surface area contributed by atoms with Crippen LogP contribution in [-0.2, 0) is 6.54 Å². The number of benzene rings is 3. The van der Waals surface area contributed by atoms with Crippen molar-refractivity contribution in [2.75, 3.05) is 6.61 Å². The second-order valence-electron chi connectivity index (χ2n) is 7.47. The van der Waals surface area contributed by atoms with Gasteiger partial charge < -0.3 is 9.84 Å². The summed E-state index contributed by atoms with van der Waals surface area (Å²) in [7, 11) is 0. The Bertz CT molecular complexity index is 1330. The Hall–Kier alpha value is -4.04. The maximum atomic E-state index is 13.0. The van der Waals surface area contributed by atoms with Gasteiger partial charge in [0.15, 0.2) is 0 Å². The number of hydrogen-bond acceptors (Lipinski definition) is 6. The monoisotopic (exact) mass is 431 g/mol. The predicted octanol–water partition coefficient (Wildman–Crippen LogP) is 3.72. The van der Waals surface area contributed by atoms with E-state index in [1.54, 1.807) is 18.2 Å². The largest absolute Gasteiger partial charge is 0.491 e. The third-order valence-electron chi connectivity index (χ3n) is 5.05. The van der Waals surface area contributed by atoms with Gasteiger partial charge in [0.1, 0.15) is 18.5 Å². The lowest BCUT2D eigenvalue weighted by Crippen LogP contribution is -2.32. The minimum Gasteiger partial charge on any atom is -0.491 e. The van der Waals surface area contributed by atoms with E-state index in [1.807, 2.05) is 43.3 Å². The van der Waals surface area contributed by atoms with Gasteiger partial charge in [0.25, 0.3) is 11.2 Å². The molecule has 4 rings (SSSR count). The van der Waals surface area contributed by atoms with Gasteiger partial charge in [0.05, 0.1) is 28.6 Å². The standard InChI is InChI=1S/C24H21N3O5/c1-16-9-11-17(12-10-16)23-21-7-2-3-8-22(21)24(29)26(25-23)14-19(28)15-32-20-6-4-5-18(13-20)27(30)31/h2-13,19,28H,14-15H2,1H3/t19-/m1/s1. The van der Waals surface area contributed by atoms with Crippen LogP contribution in [0.2, 0.25) is 0 Å². The number of rotatable bonds is 7. The van der Waals surface area contributed by atoms with E-state index >= 15 is 0 Å². The first-order valence-corrected chi connectivity index (χ1v) is 10.0. The molecule has 0 saturated carbocycles. The normalized spacial score (nSPS) is 11.9. The Morgan fingerprint density at radius 2 is 1.78 bits per heavy atom. The Morgan fingerprint density at radius 3 is 2.50 bits per heavy atom. The van der Waals surface area contributed by atoms with Crippen LogP contribution in [-0.4, -0.2) is 32.5 Å². The smallest absolute Gasteiger partial charge is 0.274 e. The lowest BCUT2D eigenvalue weighted by atomic mass is 10.0. The van der Waals surface area contributed by atoms with Crippen LogP contribution in [0.1, 0.15) is 5.56 Å². The van der Waals surface area contributed by atoms with Crippen LogP contribution in [0.3, 0.4) is 0 Å². The lowest BCUT2D eigenvalue weighted by molar-refractivity contribution is -0.384. The summed E-state index contributed by atoms with van der Waals surface area (Å²) in [4.78, 5) is 23.3. The van der Waals surface area contributed by atoms with E-state index in [0.717, 1.165) is 16.5 Å². The SMILES string of the molecule is Cc1ccc(-c2nn(C[C@@H](O)COc3cccc([N+](=O)[O-])c3)c(=O)c3ccccc23)cc1. The van der Waals surface area contributed by atoms with Crippen LogP contribution >= 0.6 is 0 Å². The van der Waals surface area contributed by atoms with Crippen molar-refractivity contribution >= 4 is 16.5 Å². The number of non-ortho nitro benzene ring substituents is 1. The zero-order valence-corrected chi connectivity index (χ0v) is 17.3. The van der Waals surface area contributed by atoms with Crippen molar-refractivity contribution < 1.29 is 14.8 Å².